The number of alkyl halides is 3. The molecule has 198 valence electrons. The van der Waals surface area contributed by atoms with Crippen LogP contribution in [0.3, 0.4) is 0 Å². The van der Waals surface area contributed by atoms with Crippen LogP contribution in [0.15, 0.2) is 46.7 Å². The van der Waals surface area contributed by atoms with Gasteiger partial charge in [-0.1, -0.05) is 6.07 Å². The Morgan fingerprint density at radius 2 is 1.68 bits per heavy atom. The summed E-state index contributed by atoms with van der Waals surface area (Å²) in [5, 5.41) is 4.49. The number of thiophene rings is 1. The van der Waals surface area contributed by atoms with Crippen molar-refractivity contribution in [3.05, 3.63) is 68.9 Å². The van der Waals surface area contributed by atoms with Gasteiger partial charge in [-0.2, -0.15) is 13.2 Å². The maximum atomic E-state index is 13.3. The predicted octanol–water partition coefficient (Wildman–Crippen LogP) is 5.58. The lowest BCUT2D eigenvalue weighted by atomic mass is 10.0. The zero-order valence-corrected chi connectivity index (χ0v) is 22.0. The van der Waals surface area contributed by atoms with Crippen LogP contribution in [0, 0.1) is 20.8 Å². The van der Waals surface area contributed by atoms with Crippen LogP contribution in [0.1, 0.15) is 31.9 Å². The number of anilines is 3. The van der Waals surface area contributed by atoms with Crippen LogP contribution >= 0.6 is 11.3 Å². The van der Waals surface area contributed by atoms with E-state index in [4.69, 9.17) is 4.74 Å². The zero-order valence-electron chi connectivity index (χ0n) is 20.4. The Hall–Kier alpha value is -3.09. The van der Waals surface area contributed by atoms with Gasteiger partial charge in [-0.15, -0.1) is 11.3 Å². The van der Waals surface area contributed by atoms with Crippen LogP contribution in [0.2, 0.25) is 0 Å². The third kappa shape index (κ3) is 5.76. The summed E-state index contributed by atoms with van der Waals surface area (Å²) < 4.78 is 71.9. The van der Waals surface area contributed by atoms with Crippen molar-refractivity contribution in [3.8, 4) is 0 Å². The fourth-order valence-electron chi connectivity index (χ4n) is 4.40. The molecule has 37 heavy (non-hydrogen) atoms. The molecule has 1 saturated heterocycles. The Morgan fingerprint density at radius 1 is 1.03 bits per heavy atom. The Labute approximate surface area is 217 Å². The van der Waals surface area contributed by atoms with Gasteiger partial charge in [0.05, 0.1) is 29.4 Å². The second-order valence-electron chi connectivity index (χ2n) is 8.70. The maximum Gasteiger partial charge on any atom is 0.416 e. The number of morpholine rings is 1. The predicted molar refractivity (Wildman–Crippen MR) is 138 cm³/mol. The molecule has 1 fully saturated rings. The molecule has 0 radical (unpaired) electrons. The molecular weight excluding hydrogens is 527 g/mol. The lowest BCUT2D eigenvalue weighted by molar-refractivity contribution is -0.137. The monoisotopic (exact) mass is 553 g/mol. The van der Waals surface area contributed by atoms with Crippen molar-refractivity contribution in [1.82, 2.24) is 0 Å². The van der Waals surface area contributed by atoms with E-state index in [0.29, 0.717) is 31.0 Å². The van der Waals surface area contributed by atoms with Gasteiger partial charge in [0.15, 0.2) is 0 Å². The summed E-state index contributed by atoms with van der Waals surface area (Å²) in [6, 6.07) is 6.59. The Kier molecular flexibility index (Phi) is 7.54. The molecule has 7 nitrogen and oxygen atoms in total. The van der Waals surface area contributed by atoms with Crippen molar-refractivity contribution in [2.45, 2.75) is 31.8 Å². The number of nitrogens with one attached hydrogen (secondary N) is 2. The summed E-state index contributed by atoms with van der Waals surface area (Å²) in [7, 11) is -4.23. The molecule has 0 bridgehead atoms. The first-order valence-corrected chi connectivity index (χ1v) is 13.8. The fraction of sp³-hybridized carbons (Fsp3) is 0.320. The van der Waals surface area contributed by atoms with Gasteiger partial charge in [-0.3, -0.25) is 9.52 Å². The molecule has 1 aliphatic heterocycles. The lowest BCUT2D eigenvalue weighted by Crippen LogP contribution is -2.37. The van der Waals surface area contributed by atoms with Crippen LogP contribution in [-0.4, -0.2) is 40.6 Å². The number of halogens is 3. The van der Waals surface area contributed by atoms with Crippen molar-refractivity contribution < 1.29 is 31.1 Å². The highest BCUT2D eigenvalue weighted by molar-refractivity contribution is 7.92. The highest BCUT2D eigenvalue weighted by Gasteiger charge is 2.31. The van der Waals surface area contributed by atoms with Crippen LogP contribution in [0.5, 0.6) is 0 Å². The van der Waals surface area contributed by atoms with E-state index >= 15 is 0 Å². The smallest absolute Gasteiger partial charge is 0.378 e. The van der Waals surface area contributed by atoms with Gasteiger partial charge in [0.25, 0.3) is 15.9 Å². The van der Waals surface area contributed by atoms with Crippen molar-refractivity contribution in [2.75, 3.05) is 41.2 Å². The first-order chi connectivity index (χ1) is 17.4. The first kappa shape index (κ1) is 27.0. The number of nitrogens with zero attached hydrogens (tertiary/aromatic N) is 1. The van der Waals surface area contributed by atoms with Gasteiger partial charge in [0.1, 0.15) is 4.88 Å². The molecule has 0 atom stereocenters. The number of carbonyl (C=O) groups is 1. The molecule has 0 spiro atoms. The van der Waals surface area contributed by atoms with E-state index in [2.05, 4.69) is 14.9 Å². The van der Waals surface area contributed by atoms with Crippen LogP contribution in [0.25, 0.3) is 0 Å². The normalized spacial score (nSPS) is 14.5. The molecular formula is C25H26F3N3O4S2. The number of rotatable bonds is 6. The first-order valence-electron chi connectivity index (χ1n) is 11.4. The van der Waals surface area contributed by atoms with Gasteiger partial charge < -0.3 is 15.0 Å². The Balaban J connectivity index is 1.58. The molecule has 1 aliphatic rings. The number of benzene rings is 2. The third-order valence-corrected chi connectivity index (χ3v) is 8.40. The minimum Gasteiger partial charge on any atom is -0.378 e. The van der Waals surface area contributed by atoms with Gasteiger partial charge in [0, 0.05) is 24.5 Å². The van der Waals surface area contributed by atoms with E-state index < -0.39 is 27.7 Å². The van der Waals surface area contributed by atoms with Gasteiger partial charge in [-0.25, -0.2) is 8.42 Å². The average molecular weight is 554 g/mol. The van der Waals surface area contributed by atoms with Crippen molar-refractivity contribution >= 4 is 44.3 Å². The number of ether oxygens (including phenoxy) is 1. The quantitative estimate of drug-likeness (QED) is 0.416. The molecule has 2 aromatic carbocycles. The highest BCUT2D eigenvalue weighted by Crippen LogP contribution is 2.36. The zero-order chi connectivity index (χ0) is 27.0. The van der Waals surface area contributed by atoms with Crippen molar-refractivity contribution in [3.63, 3.8) is 0 Å². The van der Waals surface area contributed by atoms with Crippen molar-refractivity contribution in [2.24, 2.45) is 0 Å². The van der Waals surface area contributed by atoms with E-state index in [9.17, 15) is 26.4 Å². The van der Waals surface area contributed by atoms with Gasteiger partial charge in [0.2, 0.25) is 0 Å². The molecule has 12 heteroatoms. The summed E-state index contributed by atoms with van der Waals surface area (Å²) >= 11 is 1.05. The summed E-state index contributed by atoms with van der Waals surface area (Å²) in [6.07, 6.45) is -4.58. The molecule has 4 rings (SSSR count). The topological polar surface area (TPSA) is 87.7 Å². The summed E-state index contributed by atoms with van der Waals surface area (Å²) in [4.78, 5) is 15.3. The number of hydrogen-bond donors (Lipinski definition) is 2. The summed E-state index contributed by atoms with van der Waals surface area (Å²) in [6.45, 7) is 8.55. The van der Waals surface area contributed by atoms with Gasteiger partial charge in [-0.05, 0) is 73.2 Å². The molecule has 2 heterocycles. The van der Waals surface area contributed by atoms with Crippen molar-refractivity contribution in [1.29, 1.82) is 0 Å². The Bertz CT molecular complexity index is 1410. The van der Waals surface area contributed by atoms with Crippen LogP contribution in [-0.2, 0) is 20.9 Å². The second-order valence-corrected chi connectivity index (χ2v) is 11.3. The highest BCUT2D eigenvalue weighted by atomic mass is 32.2. The average Bonchev–Trinajstić information content (AvgIpc) is 3.29. The summed E-state index contributed by atoms with van der Waals surface area (Å²) in [5.74, 6) is -0.497. The largest absolute Gasteiger partial charge is 0.416 e. The lowest BCUT2D eigenvalue weighted by Gasteiger charge is -2.32. The number of aryl methyl sites for hydroxylation is 2. The Morgan fingerprint density at radius 3 is 2.30 bits per heavy atom. The molecule has 0 saturated carbocycles. The molecule has 1 amide bonds. The number of carbonyl (C=O) groups excluding carboxylic acids is 1. The number of sulfonamides is 1. The number of hydrogen-bond acceptors (Lipinski definition) is 6. The number of amides is 1. The van der Waals surface area contributed by atoms with E-state index in [1.54, 1.807) is 5.38 Å². The van der Waals surface area contributed by atoms with E-state index in [1.165, 1.54) is 6.07 Å². The molecule has 0 aliphatic carbocycles. The van der Waals surface area contributed by atoms with E-state index in [-0.39, 0.29) is 15.5 Å². The minimum atomic E-state index is -4.58. The SMILES string of the molecule is Cc1cc(C)c(N2CCOCC2)c(C)c1NC(=O)c1sccc1NS(=O)(=O)c1ccc(C(F)(F)F)cc1. The van der Waals surface area contributed by atoms with E-state index in [1.807, 2.05) is 26.8 Å². The van der Waals surface area contributed by atoms with Gasteiger partial charge >= 0.3 is 6.18 Å². The molecule has 3 aromatic rings. The maximum absolute atomic E-state index is 13.3. The van der Waals surface area contributed by atoms with Crippen LogP contribution in [0.4, 0.5) is 30.2 Å². The van der Waals surface area contributed by atoms with E-state index in [0.717, 1.165) is 58.9 Å². The minimum absolute atomic E-state index is 0.0400. The molecule has 1 aromatic heterocycles. The van der Waals surface area contributed by atoms with Crippen LogP contribution < -0.4 is 14.9 Å². The summed E-state index contributed by atoms with van der Waals surface area (Å²) in [5.41, 5.74) is 3.59. The standard InChI is InChI=1S/C25H26F3N3O4S2/c1-15-14-16(2)22(31-9-11-35-12-10-31)17(3)21(15)29-24(32)23-20(8-13-36-23)30-37(33,34)19-6-4-18(5-7-19)25(26,27)28/h4-8,13-14,30H,9-12H2,1-3H3,(H,29,32). The second kappa shape index (κ2) is 10.3. The molecule has 2 N–H and O–H groups in total. The molecule has 0 unspecified atom stereocenters. The third-order valence-electron chi connectivity index (χ3n) is 6.10. The fourth-order valence-corrected chi connectivity index (χ4v) is 6.28.